The van der Waals surface area contributed by atoms with E-state index in [1.807, 2.05) is 12.1 Å². The summed E-state index contributed by atoms with van der Waals surface area (Å²) in [7, 11) is -7.67. The van der Waals surface area contributed by atoms with Gasteiger partial charge in [-0.15, -0.1) is 0 Å². The molecule has 0 bridgehead atoms. The lowest BCUT2D eigenvalue weighted by Crippen LogP contribution is -2.52. The first-order valence-electron chi connectivity index (χ1n) is 10.3. The van der Waals surface area contributed by atoms with Gasteiger partial charge in [-0.3, -0.25) is 9.10 Å². The lowest BCUT2D eigenvalue weighted by molar-refractivity contribution is -0.130. The van der Waals surface area contributed by atoms with Crippen LogP contribution in [0.15, 0.2) is 70.5 Å². The van der Waals surface area contributed by atoms with Crippen LogP contribution in [0.4, 0.5) is 10.1 Å². The first kappa shape index (κ1) is 21.8. The van der Waals surface area contributed by atoms with Crippen LogP contribution in [0.1, 0.15) is 0 Å². The van der Waals surface area contributed by atoms with Crippen molar-refractivity contribution in [2.75, 3.05) is 37.0 Å². The van der Waals surface area contributed by atoms with Crippen molar-refractivity contribution in [2.45, 2.75) is 9.79 Å². The summed E-state index contributed by atoms with van der Waals surface area (Å²) in [5.41, 5.74) is 0.467. The lowest BCUT2D eigenvalue weighted by atomic mass is 10.1. The van der Waals surface area contributed by atoms with Gasteiger partial charge in [0.15, 0.2) is 0 Å². The minimum absolute atomic E-state index is 0.0160. The van der Waals surface area contributed by atoms with Gasteiger partial charge in [-0.2, -0.15) is 4.31 Å². The van der Waals surface area contributed by atoms with Gasteiger partial charge in [-0.1, -0.05) is 24.3 Å². The van der Waals surface area contributed by atoms with Gasteiger partial charge in [0, 0.05) is 31.6 Å². The fourth-order valence-electron chi connectivity index (χ4n) is 4.28. The van der Waals surface area contributed by atoms with Crippen LogP contribution in [-0.4, -0.2) is 64.7 Å². The van der Waals surface area contributed by atoms with Gasteiger partial charge < -0.3 is 4.90 Å². The van der Waals surface area contributed by atoms with E-state index in [-0.39, 0.29) is 42.5 Å². The highest BCUT2D eigenvalue weighted by Gasteiger charge is 2.38. The number of rotatable bonds is 4. The number of halogens is 1. The molecule has 3 aromatic carbocycles. The number of carbonyl (C=O) groups excluding carboxylic acids is 1. The van der Waals surface area contributed by atoms with Crippen molar-refractivity contribution in [1.29, 1.82) is 0 Å². The van der Waals surface area contributed by atoms with E-state index in [0.29, 0.717) is 11.1 Å². The number of anilines is 1. The molecule has 0 aliphatic carbocycles. The molecular formula is C22H20FN3O5S2. The minimum Gasteiger partial charge on any atom is -0.338 e. The molecule has 2 heterocycles. The first-order valence-corrected chi connectivity index (χ1v) is 13.2. The molecule has 3 aromatic rings. The number of benzene rings is 3. The Morgan fingerprint density at radius 1 is 0.909 bits per heavy atom. The van der Waals surface area contributed by atoms with E-state index in [2.05, 4.69) is 0 Å². The zero-order chi connectivity index (χ0) is 23.4. The second-order valence-corrected chi connectivity index (χ2v) is 11.7. The Kier molecular flexibility index (Phi) is 5.15. The summed E-state index contributed by atoms with van der Waals surface area (Å²) in [6, 6.07) is 14.9. The van der Waals surface area contributed by atoms with E-state index in [9.17, 15) is 26.0 Å². The molecule has 0 spiro atoms. The third kappa shape index (κ3) is 3.56. The van der Waals surface area contributed by atoms with Crippen LogP contribution in [0.3, 0.4) is 0 Å². The van der Waals surface area contributed by atoms with Gasteiger partial charge in [0.1, 0.15) is 12.4 Å². The smallest absolute Gasteiger partial charge is 0.265 e. The Labute approximate surface area is 190 Å². The van der Waals surface area contributed by atoms with Gasteiger partial charge in [0.25, 0.3) is 10.0 Å². The summed E-state index contributed by atoms with van der Waals surface area (Å²) >= 11 is 0. The number of hydrogen-bond acceptors (Lipinski definition) is 5. The monoisotopic (exact) mass is 489 g/mol. The van der Waals surface area contributed by atoms with E-state index < -0.39 is 31.8 Å². The Morgan fingerprint density at radius 3 is 2.21 bits per heavy atom. The molecule has 2 aliphatic heterocycles. The molecular weight excluding hydrogens is 469 g/mol. The average molecular weight is 490 g/mol. The van der Waals surface area contributed by atoms with Crippen LogP contribution >= 0.6 is 0 Å². The van der Waals surface area contributed by atoms with E-state index >= 15 is 0 Å². The Hall–Kier alpha value is -3.02. The van der Waals surface area contributed by atoms with Gasteiger partial charge in [0.05, 0.1) is 15.5 Å². The Bertz CT molecular complexity index is 1460. The second-order valence-electron chi connectivity index (χ2n) is 7.88. The maximum atomic E-state index is 13.1. The maximum Gasteiger partial charge on any atom is 0.265 e. The number of amides is 1. The first-order chi connectivity index (χ1) is 15.7. The van der Waals surface area contributed by atoms with E-state index in [1.165, 1.54) is 27.4 Å². The molecule has 0 saturated carbocycles. The number of sulfonamides is 2. The maximum absolute atomic E-state index is 13.1. The van der Waals surface area contributed by atoms with Crippen molar-refractivity contribution < 1.29 is 26.0 Å². The van der Waals surface area contributed by atoms with Crippen molar-refractivity contribution in [3.05, 3.63) is 66.5 Å². The SMILES string of the molecule is O=C(CN1c2cccc3cccc(c23)S1(=O)=O)N1CCN(S(=O)(=O)c2ccc(F)cc2)CC1. The standard InChI is InChI=1S/C22H20FN3O5S2/c23-17-7-9-18(10-8-17)32(28,29)25-13-11-24(12-14-25)21(27)15-26-19-5-1-3-16-4-2-6-20(22(16)19)33(26,30)31/h1-10H,11-15H2. The second kappa shape index (κ2) is 7.79. The van der Waals surface area contributed by atoms with Crippen molar-refractivity contribution in [1.82, 2.24) is 9.21 Å². The fraction of sp³-hybridized carbons (Fsp3) is 0.227. The van der Waals surface area contributed by atoms with Crippen LogP contribution in [0.25, 0.3) is 10.8 Å². The molecule has 0 N–H and O–H groups in total. The van der Waals surface area contributed by atoms with E-state index in [0.717, 1.165) is 21.8 Å². The Balaban J connectivity index is 1.31. The molecule has 8 nitrogen and oxygen atoms in total. The van der Waals surface area contributed by atoms with Crippen LogP contribution in [-0.2, 0) is 24.8 Å². The van der Waals surface area contributed by atoms with E-state index in [4.69, 9.17) is 0 Å². The largest absolute Gasteiger partial charge is 0.338 e. The van der Waals surface area contributed by atoms with E-state index in [1.54, 1.807) is 18.2 Å². The topological polar surface area (TPSA) is 95.1 Å². The molecule has 1 saturated heterocycles. The van der Waals surface area contributed by atoms with Crippen LogP contribution in [0.5, 0.6) is 0 Å². The number of hydrogen-bond donors (Lipinski definition) is 0. The number of carbonyl (C=O) groups is 1. The summed E-state index contributed by atoms with van der Waals surface area (Å²) in [5, 5.41) is 1.38. The Morgan fingerprint density at radius 2 is 1.55 bits per heavy atom. The molecule has 1 fully saturated rings. The van der Waals surface area contributed by atoms with Crippen LogP contribution < -0.4 is 4.31 Å². The molecule has 33 heavy (non-hydrogen) atoms. The third-order valence-electron chi connectivity index (χ3n) is 6.00. The van der Waals surface area contributed by atoms with Crippen molar-refractivity contribution in [3.63, 3.8) is 0 Å². The number of piperazine rings is 1. The zero-order valence-electron chi connectivity index (χ0n) is 17.4. The molecule has 172 valence electrons. The molecule has 11 heteroatoms. The highest BCUT2D eigenvalue weighted by Crippen LogP contribution is 2.41. The summed E-state index contributed by atoms with van der Waals surface area (Å²) < 4.78 is 67.2. The highest BCUT2D eigenvalue weighted by atomic mass is 32.2. The fourth-order valence-corrected chi connectivity index (χ4v) is 7.37. The zero-order valence-corrected chi connectivity index (χ0v) is 19.0. The minimum atomic E-state index is -3.86. The molecule has 0 aromatic heterocycles. The quantitative estimate of drug-likeness (QED) is 0.559. The predicted molar refractivity (Wildman–Crippen MR) is 120 cm³/mol. The third-order valence-corrected chi connectivity index (χ3v) is 9.72. The highest BCUT2D eigenvalue weighted by molar-refractivity contribution is 7.93. The van der Waals surface area contributed by atoms with Crippen molar-refractivity contribution in [3.8, 4) is 0 Å². The summed E-state index contributed by atoms with van der Waals surface area (Å²) in [5.74, 6) is -0.929. The molecule has 5 rings (SSSR count). The van der Waals surface area contributed by atoms with Gasteiger partial charge in [-0.05, 0) is 41.8 Å². The predicted octanol–water partition coefficient (Wildman–Crippen LogP) is 2.02. The summed E-state index contributed by atoms with van der Waals surface area (Å²) in [4.78, 5) is 14.6. The van der Waals surface area contributed by atoms with Crippen molar-refractivity contribution in [2.24, 2.45) is 0 Å². The van der Waals surface area contributed by atoms with Crippen LogP contribution in [0.2, 0.25) is 0 Å². The molecule has 0 unspecified atom stereocenters. The van der Waals surface area contributed by atoms with Crippen molar-refractivity contribution >= 4 is 42.4 Å². The molecule has 1 amide bonds. The van der Waals surface area contributed by atoms with Gasteiger partial charge in [-0.25, -0.2) is 21.2 Å². The molecule has 2 aliphatic rings. The lowest BCUT2D eigenvalue weighted by Gasteiger charge is -2.34. The van der Waals surface area contributed by atoms with Gasteiger partial charge >= 0.3 is 0 Å². The average Bonchev–Trinajstić information content (AvgIpc) is 3.02. The normalized spacial score (nSPS) is 18.1. The van der Waals surface area contributed by atoms with Crippen LogP contribution in [0, 0.1) is 5.82 Å². The number of nitrogens with zero attached hydrogens (tertiary/aromatic N) is 3. The summed E-state index contributed by atoms with van der Waals surface area (Å²) in [6.07, 6.45) is 0. The molecule has 0 atom stereocenters. The molecule has 0 radical (unpaired) electrons. The van der Waals surface area contributed by atoms with Gasteiger partial charge in [0.2, 0.25) is 15.9 Å². The summed E-state index contributed by atoms with van der Waals surface area (Å²) in [6.45, 7) is 0.0252.